The van der Waals surface area contributed by atoms with Crippen molar-refractivity contribution in [3.8, 4) is 11.1 Å². The normalized spacial score (nSPS) is 12.8. The van der Waals surface area contributed by atoms with Crippen molar-refractivity contribution in [2.45, 2.75) is 18.6 Å². The van der Waals surface area contributed by atoms with Gasteiger partial charge in [0.2, 0.25) is 5.91 Å². The van der Waals surface area contributed by atoms with Gasteiger partial charge >= 0.3 is 12.1 Å². The van der Waals surface area contributed by atoms with Crippen LogP contribution in [0, 0.1) is 0 Å². The fraction of sp³-hybridized carbons (Fsp3) is 0.192. The zero-order valence-corrected chi connectivity index (χ0v) is 18.1. The van der Waals surface area contributed by atoms with Crippen LogP contribution in [0.2, 0.25) is 0 Å². The summed E-state index contributed by atoms with van der Waals surface area (Å²) >= 11 is 0. The van der Waals surface area contributed by atoms with E-state index in [4.69, 9.17) is 9.47 Å². The number of carbonyl (C=O) groups is 3. The van der Waals surface area contributed by atoms with Crippen molar-refractivity contribution in [3.63, 3.8) is 0 Å². The number of esters is 1. The molecular weight excluding hydrogens is 420 g/mol. The van der Waals surface area contributed by atoms with Crippen molar-refractivity contribution < 1.29 is 23.9 Å². The molecule has 0 fully saturated rings. The van der Waals surface area contributed by atoms with Gasteiger partial charge in [-0.15, -0.1) is 0 Å². The highest BCUT2D eigenvalue weighted by Gasteiger charge is 2.39. The Morgan fingerprint density at radius 3 is 2.03 bits per heavy atom. The first-order chi connectivity index (χ1) is 16.1. The molecule has 2 amide bonds. The molecular formula is C26H24N2O5. The van der Waals surface area contributed by atoms with Crippen molar-refractivity contribution in [2.24, 2.45) is 0 Å². The van der Waals surface area contributed by atoms with Crippen LogP contribution in [-0.2, 0) is 25.7 Å². The molecule has 0 bridgehead atoms. The Kier molecular flexibility index (Phi) is 6.69. The summed E-state index contributed by atoms with van der Waals surface area (Å²) in [4.78, 5) is 37.3. The zero-order chi connectivity index (χ0) is 23.2. The molecule has 0 spiro atoms. The summed E-state index contributed by atoms with van der Waals surface area (Å²) < 4.78 is 10.1. The smallest absolute Gasteiger partial charge is 0.407 e. The number of nitrogens with one attached hydrogen (secondary N) is 2. The largest absolute Gasteiger partial charge is 0.467 e. The topological polar surface area (TPSA) is 93.7 Å². The number of ether oxygens (including phenoxy) is 2. The van der Waals surface area contributed by atoms with Crippen molar-refractivity contribution in [1.29, 1.82) is 0 Å². The highest BCUT2D eigenvalue weighted by Crippen LogP contribution is 2.46. The maximum absolute atomic E-state index is 12.7. The van der Waals surface area contributed by atoms with Crippen molar-refractivity contribution in [3.05, 3.63) is 95.6 Å². The first-order valence-corrected chi connectivity index (χ1v) is 10.6. The summed E-state index contributed by atoms with van der Waals surface area (Å²) in [5.41, 5.74) is 4.74. The number of alkyl carbamates (subject to hydrolysis) is 1. The number of carbonyl (C=O) groups excluding carboxylic acids is 3. The van der Waals surface area contributed by atoms with Crippen LogP contribution in [0.5, 0.6) is 0 Å². The Morgan fingerprint density at radius 1 is 0.848 bits per heavy atom. The third-order valence-electron chi connectivity index (χ3n) is 5.59. The van der Waals surface area contributed by atoms with Gasteiger partial charge in [0, 0.05) is 5.92 Å². The molecule has 3 aromatic carbocycles. The fourth-order valence-corrected chi connectivity index (χ4v) is 4.11. The zero-order valence-electron chi connectivity index (χ0n) is 18.1. The lowest BCUT2D eigenvalue weighted by atomic mass is 9.89. The Bertz CT molecular complexity index is 1120. The second-order valence-corrected chi connectivity index (χ2v) is 7.64. The molecule has 1 aliphatic rings. The van der Waals surface area contributed by atoms with E-state index in [1.54, 1.807) is 0 Å². The van der Waals surface area contributed by atoms with Crippen molar-refractivity contribution in [1.82, 2.24) is 10.6 Å². The van der Waals surface area contributed by atoms with Crippen LogP contribution in [0.1, 0.15) is 22.6 Å². The second-order valence-electron chi connectivity index (χ2n) is 7.64. The highest BCUT2D eigenvalue weighted by atomic mass is 16.5. The van der Waals surface area contributed by atoms with Gasteiger partial charge in [-0.25, -0.2) is 9.59 Å². The van der Waals surface area contributed by atoms with Gasteiger partial charge in [0.05, 0.1) is 7.11 Å². The third kappa shape index (κ3) is 4.87. The Balaban J connectivity index is 1.44. The number of amides is 2. The maximum Gasteiger partial charge on any atom is 0.407 e. The van der Waals surface area contributed by atoms with E-state index in [-0.39, 0.29) is 13.2 Å². The van der Waals surface area contributed by atoms with Crippen LogP contribution < -0.4 is 10.6 Å². The molecule has 0 radical (unpaired) electrons. The molecule has 0 aliphatic heterocycles. The molecule has 0 unspecified atom stereocenters. The highest BCUT2D eigenvalue weighted by molar-refractivity contribution is 5.90. The molecule has 0 aromatic heterocycles. The van der Waals surface area contributed by atoms with Crippen LogP contribution in [-0.4, -0.2) is 37.7 Å². The molecule has 1 aliphatic carbocycles. The van der Waals surface area contributed by atoms with E-state index < -0.39 is 29.9 Å². The van der Waals surface area contributed by atoms with E-state index in [1.807, 2.05) is 78.9 Å². The third-order valence-corrected chi connectivity index (χ3v) is 5.59. The Labute approximate surface area is 191 Å². The number of fused-ring (bicyclic) bond motifs is 3. The van der Waals surface area contributed by atoms with E-state index in [0.29, 0.717) is 0 Å². The molecule has 2 N–H and O–H groups in total. The number of rotatable bonds is 7. The number of hydrogen-bond donors (Lipinski definition) is 2. The molecule has 1 atom stereocenters. The van der Waals surface area contributed by atoms with E-state index in [1.165, 1.54) is 7.11 Å². The van der Waals surface area contributed by atoms with Gasteiger partial charge < -0.3 is 20.1 Å². The standard InChI is InChI=1S/C26H24N2O5/c1-32-25(30)24(23-20-13-7-5-11-18(20)19-12-6-8-14-21(19)23)28-22(29)15-27-26(31)33-16-17-9-3-2-4-10-17/h2-14,23-24H,15-16H2,1H3,(H,27,31)(H,28,29)/t24-/m0/s1. The van der Waals surface area contributed by atoms with Gasteiger partial charge in [0.25, 0.3) is 0 Å². The monoisotopic (exact) mass is 444 g/mol. The number of benzene rings is 3. The minimum atomic E-state index is -0.950. The predicted octanol–water partition coefficient (Wildman–Crippen LogP) is 3.38. The fourth-order valence-electron chi connectivity index (χ4n) is 4.11. The summed E-state index contributed by atoms with van der Waals surface area (Å²) in [5.74, 6) is -1.49. The van der Waals surface area contributed by atoms with Gasteiger partial charge in [-0.05, 0) is 27.8 Å². The van der Waals surface area contributed by atoms with Crippen LogP contribution >= 0.6 is 0 Å². The summed E-state index contributed by atoms with van der Waals surface area (Å²) in [6, 6.07) is 23.8. The van der Waals surface area contributed by atoms with Crippen molar-refractivity contribution >= 4 is 18.0 Å². The van der Waals surface area contributed by atoms with Gasteiger partial charge in [0.1, 0.15) is 19.2 Å². The van der Waals surface area contributed by atoms with Crippen LogP contribution in [0.15, 0.2) is 78.9 Å². The predicted molar refractivity (Wildman–Crippen MR) is 122 cm³/mol. The second kappa shape index (κ2) is 9.99. The summed E-state index contributed by atoms with van der Waals surface area (Å²) in [6.45, 7) is -0.244. The van der Waals surface area contributed by atoms with Gasteiger partial charge in [-0.3, -0.25) is 4.79 Å². The number of hydrogen-bond acceptors (Lipinski definition) is 5. The van der Waals surface area contributed by atoms with Gasteiger partial charge in [-0.1, -0.05) is 78.9 Å². The molecule has 7 heteroatoms. The van der Waals surface area contributed by atoms with E-state index in [2.05, 4.69) is 10.6 Å². The quantitative estimate of drug-likeness (QED) is 0.545. The van der Waals surface area contributed by atoms with E-state index in [0.717, 1.165) is 27.8 Å². The van der Waals surface area contributed by atoms with Crippen LogP contribution in [0.4, 0.5) is 4.79 Å². The molecule has 3 aromatic rings. The Hall–Kier alpha value is -4.13. The summed E-state index contributed by atoms with van der Waals surface area (Å²) in [5, 5.41) is 5.16. The lowest BCUT2D eigenvalue weighted by Gasteiger charge is -2.24. The average molecular weight is 444 g/mol. The minimum Gasteiger partial charge on any atom is -0.467 e. The molecule has 0 heterocycles. The van der Waals surface area contributed by atoms with E-state index in [9.17, 15) is 14.4 Å². The molecule has 33 heavy (non-hydrogen) atoms. The van der Waals surface area contributed by atoms with Crippen LogP contribution in [0.25, 0.3) is 11.1 Å². The molecule has 0 saturated carbocycles. The lowest BCUT2D eigenvalue weighted by Crippen LogP contribution is -2.48. The maximum atomic E-state index is 12.7. The summed E-state index contributed by atoms with van der Waals surface area (Å²) in [6.07, 6.45) is -0.722. The first kappa shape index (κ1) is 22.1. The molecule has 0 saturated heterocycles. The molecule has 7 nitrogen and oxygen atoms in total. The van der Waals surface area contributed by atoms with Gasteiger partial charge in [-0.2, -0.15) is 0 Å². The van der Waals surface area contributed by atoms with Crippen LogP contribution in [0.3, 0.4) is 0 Å². The number of methoxy groups -OCH3 is 1. The van der Waals surface area contributed by atoms with E-state index >= 15 is 0 Å². The van der Waals surface area contributed by atoms with Gasteiger partial charge in [0.15, 0.2) is 0 Å². The lowest BCUT2D eigenvalue weighted by molar-refractivity contribution is -0.145. The molecule has 4 rings (SSSR count). The molecule has 168 valence electrons. The minimum absolute atomic E-state index is 0.0920. The summed E-state index contributed by atoms with van der Waals surface area (Å²) in [7, 11) is 1.29. The SMILES string of the molecule is COC(=O)[C@@H](NC(=O)CNC(=O)OCc1ccccc1)C1c2ccccc2-c2ccccc21. The Morgan fingerprint density at radius 2 is 1.42 bits per heavy atom. The van der Waals surface area contributed by atoms with Crippen molar-refractivity contribution in [2.75, 3.05) is 13.7 Å². The first-order valence-electron chi connectivity index (χ1n) is 10.6. The average Bonchev–Trinajstić information content (AvgIpc) is 3.19.